The first kappa shape index (κ1) is 12.3. The summed E-state index contributed by atoms with van der Waals surface area (Å²) in [6, 6.07) is 7.38. The van der Waals surface area contributed by atoms with Gasteiger partial charge in [-0.05, 0) is 11.6 Å². The van der Waals surface area contributed by atoms with Crippen molar-refractivity contribution in [1.29, 1.82) is 0 Å². The summed E-state index contributed by atoms with van der Waals surface area (Å²) in [5.41, 5.74) is 7.16. The first-order chi connectivity index (χ1) is 8.74. The van der Waals surface area contributed by atoms with Crippen molar-refractivity contribution in [2.24, 2.45) is 5.73 Å². The molecule has 0 bridgehead atoms. The van der Waals surface area contributed by atoms with Crippen LogP contribution in [0.1, 0.15) is 28.9 Å². The number of para-hydroxylation sites is 1. The van der Waals surface area contributed by atoms with Crippen molar-refractivity contribution in [2.45, 2.75) is 19.9 Å². The molecule has 1 aromatic carbocycles. The molecule has 0 spiro atoms. The highest BCUT2D eigenvalue weighted by Gasteiger charge is 2.13. The third-order valence-electron chi connectivity index (χ3n) is 2.56. The molecule has 1 amide bonds. The zero-order valence-corrected chi connectivity index (χ0v) is 10.1. The Labute approximate surface area is 105 Å². The maximum Gasteiger partial charge on any atom is 0.295 e. The maximum absolute atomic E-state index is 11.9. The van der Waals surface area contributed by atoms with Gasteiger partial charge in [0.15, 0.2) is 0 Å². The molecular formula is C12H15N5O. The maximum atomic E-state index is 11.9. The summed E-state index contributed by atoms with van der Waals surface area (Å²) in [5.74, 6) is 0.484. The van der Waals surface area contributed by atoms with Crippen molar-refractivity contribution < 1.29 is 4.79 Å². The highest BCUT2D eigenvalue weighted by atomic mass is 16.2. The first-order valence-corrected chi connectivity index (χ1v) is 5.75. The van der Waals surface area contributed by atoms with Crippen LogP contribution in [-0.2, 0) is 13.0 Å². The van der Waals surface area contributed by atoms with Gasteiger partial charge in [0, 0.05) is 18.7 Å². The van der Waals surface area contributed by atoms with Crippen LogP contribution in [0.15, 0.2) is 24.3 Å². The Morgan fingerprint density at radius 2 is 2.22 bits per heavy atom. The first-order valence-electron chi connectivity index (χ1n) is 5.75. The Bertz CT molecular complexity index is 549. The number of aromatic nitrogens is 3. The summed E-state index contributed by atoms with van der Waals surface area (Å²) in [6.07, 6.45) is 0.708. The number of carbonyl (C=O) groups is 1. The molecule has 1 aromatic heterocycles. The fourth-order valence-electron chi connectivity index (χ4n) is 1.55. The average Bonchev–Trinajstić information content (AvgIpc) is 2.88. The van der Waals surface area contributed by atoms with Crippen LogP contribution in [0.5, 0.6) is 0 Å². The number of amides is 1. The second-order valence-electron chi connectivity index (χ2n) is 3.77. The third-order valence-corrected chi connectivity index (χ3v) is 2.56. The lowest BCUT2D eigenvalue weighted by Crippen LogP contribution is -2.15. The molecule has 6 heteroatoms. The molecule has 2 aromatic rings. The molecule has 1 heterocycles. The number of benzene rings is 1. The number of hydrogen-bond acceptors (Lipinski definition) is 4. The van der Waals surface area contributed by atoms with Crippen LogP contribution in [0.3, 0.4) is 0 Å². The summed E-state index contributed by atoms with van der Waals surface area (Å²) < 4.78 is 0. The van der Waals surface area contributed by atoms with E-state index in [1.165, 1.54) is 0 Å². The summed E-state index contributed by atoms with van der Waals surface area (Å²) >= 11 is 0. The Kier molecular flexibility index (Phi) is 3.69. The molecule has 2 rings (SSSR count). The van der Waals surface area contributed by atoms with Crippen LogP contribution in [-0.4, -0.2) is 21.1 Å². The molecule has 0 saturated carbocycles. The zero-order valence-electron chi connectivity index (χ0n) is 10.1. The quantitative estimate of drug-likeness (QED) is 0.750. The minimum absolute atomic E-state index is 0.138. The van der Waals surface area contributed by atoms with E-state index in [1.54, 1.807) is 6.07 Å². The molecular weight excluding hydrogens is 230 g/mol. The summed E-state index contributed by atoms with van der Waals surface area (Å²) in [7, 11) is 0. The van der Waals surface area contributed by atoms with Gasteiger partial charge in [0.05, 0.1) is 0 Å². The number of anilines is 1. The number of H-pyrrole nitrogens is 1. The fourth-order valence-corrected chi connectivity index (χ4v) is 1.55. The lowest BCUT2D eigenvalue weighted by Gasteiger charge is -2.07. The van der Waals surface area contributed by atoms with E-state index in [9.17, 15) is 4.79 Å². The second kappa shape index (κ2) is 5.42. The number of nitrogens with two attached hydrogens (primary N) is 1. The second-order valence-corrected chi connectivity index (χ2v) is 3.77. The highest BCUT2D eigenvalue weighted by Crippen LogP contribution is 2.14. The topological polar surface area (TPSA) is 96.7 Å². The standard InChI is InChI=1S/C12H15N5O/c1-2-10-15-11(17-16-10)12(18)14-9-6-4-3-5-8(9)7-13/h3-6H,2,7,13H2,1H3,(H,14,18)(H,15,16,17). The fraction of sp³-hybridized carbons (Fsp3) is 0.250. The van der Waals surface area contributed by atoms with E-state index in [4.69, 9.17) is 5.73 Å². The van der Waals surface area contributed by atoms with E-state index in [1.807, 2.05) is 25.1 Å². The number of aromatic amines is 1. The number of carbonyl (C=O) groups excluding carboxylic acids is 1. The molecule has 94 valence electrons. The van der Waals surface area contributed by atoms with Crippen LogP contribution < -0.4 is 11.1 Å². The van der Waals surface area contributed by atoms with Gasteiger partial charge in [-0.1, -0.05) is 25.1 Å². The third kappa shape index (κ3) is 2.54. The van der Waals surface area contributed by atoms with Gasteiger partial charge < -0.3 is 11.1 Å². The molecule has 4 N–H and O–H groups in total. The molecule has 0 fully saturated rings. The molecule has 6 nitrogen and oxygen atoms in total. The zero-order chi connectivity index (χ0) is 13.0. The summed E-state index contributed by atoms with van der Waals surface area (Å²) in [6.45, 7) is 2.30. The van der Waals surface area contributed by atoms with Gasteiger partial charge in [-0.25, -0.2) is 4.98 Å². The van der Waals surface area contributed by atoms with Crippen molar-refractivity contribution in [2.75, 3.05) is 5.32 Å². The minimum atomic E-state index is -0.341. The van der Waals surface area contributed by atoms with Gasteiger partial charge in [-0.3, -0.25) is 9.89 Å². The molecule has 0 aliphatic heterocycles. The van der Waals surface area contributed by atoms with E-state index in [-0.39, 0.29) is 11.7 Å². The Balaban J connectivity index is 2.16. The van der Waals surface area contributed by atoms with E-state index in [0.29, 0.717) is 24.5 Å². The largest absolute Gasteiger partial charge is 0.326 e. The number of nitrogens with zero attached hydrogens (tertiary/aromatic N) is 2. The molecule has 0 unspecified atom stereocenters. The molecule has 0 aliphatic carbocycles. The number of nitrogens with one attached hydrogen (secondary N) is 2. The predicted molar refractivity (Wildman–Crippen MR) is 68.0 cm³/mol. The van der Waals surface area contributed by atoms with Gasteiger partial charge in [-0.15, -0.1) is 5.10 Å². The SMILES string of the molecule is CCc1nc(C(=O)Nc2ccccc2CN)n[nH]1. The predicted octanol–water partition coefficient (Wildman–Crippen LogP) is 1.08. The smallest absolute Gasteiger partial charge is 0.295 e. The van der Waals surface area contributed by atoms with Crippen molar-refractivity contribution in [3.8, 4) is 0 Å². The number of hydrogen-bond donors (Lipinski definition) is 3. The van der Waals surface area contributed by atoms with Gasteiger partial charge in [0.1, 0.15) is 5.82 Å². The van der Waals surface area contributed by atoms with Crippen LogP contribution in [0.4, 0.5) is 5.69 Å². The monoisotopic (exact) mass is 245 g/mol. The van der Waals surface area contributed by atoms with Gasteiger partial charge in [0.25, 0.3) is 5.91 Å². The summed E-state index contributed by atoms with van der Waals surface area (Å²) in [5, 5.41) is 9.31. The van der Waals surface area contributed by atoms with E-state index >= 15 is 0 Å². The Morgan fingerprint density at radius 3 is 2.89 bits per heavy atom. The van der Waals surface area contributed by atoms with E-state index in [2.05, 4.69) is 20.5 Å². The molecule has 0 saturated heterocycles. The van der Waals surface area contributed by atoms with Crippen LogP contribution in [0.25, 0.3) is 0 Å². The lowest BCUT2D eigenvalue weighted by atomic mass is 10.2. The number of aryl methyl sites for hydroxylation is 1. The Morgan fingerprint density at radius 1 is 1.44 bits per heavy atom. The van der Waals surface area contributed by atoms with Crippen LogP contribution in [0.2, 0.25) is 0 Å². The van der Waals surface area contributed by atoms with Gasteiger partial charge >= 0.3 is 0 Å². The Hall–Kier alpha value is -2.21. The van der Waals surface area contributed by atoms with Crippen molar-refractivity contribution >= 4 is 11.6 Å². The van der Waals surface area contributed by atoms with Crippen molar-refractivity contribution in [3.05, 3.63) is 41.5 Å². The molecule has 18 heavy (non-hydrogen) atoms. The van der Waals surface area contributed by atoms with Gasteiger partial charge in [-0.2, -0.15) is 0 Å². The van der Waals surface area contributed by atoms with Crippen molar-refractivity contribution in [3.63, 3.8) is 0 Å². The number of rotatable bonds is 4. The molecule has 0 atom stereocenters. The highest BCUT2D eigenvalue weighted by molar-refractivity contribution is 6.01. The van der Waals surface area contributed by atoms with Crippen molar-refractivity contribution in [1.82, 2.24) is 15.2 Å². The van der Waals surface area contributed by atoms with E-state index in [0.717, 1.165) is 5.56 Å². The van der Waals surface area contributed by atoms with Crippen LogP contribution >= 0.6 is 0 Å². The van der Waals surface area contributed by atoms with E-state index < -0.39 is 0 Å². The molecule has 0 aliphatic rings. The minimum Gasteiger partial charge on any atom is -0.326 e. The summed E-state index contributed by atoms with van der Waals surface area (Å²) in [4.78, 5) is 16.0. The normalized spacial score (nSPS) is 10.3. The molecule has 0 radical (unpaired) electrons. The lowest BCUT2D eigenvalue weighted by molar-refractivity contribution is 0.101. The van der Waals surface area contributed by atoms with Crippen LogP contribution in [0, 0.1) is 0 Å². The average molecular weight is 245 g/mol. The van der Waals surface area contributed by atoms with Gasteiger partial charge in [0.2, 0.25) is 5.82 Å².